The lowest BCUT2D eigenvalue weighted by atomic mass is 10.3. The second-order valence-electron chi connectivity index (χ2n) is 9.47. The Morgan fingerprint density at radius 3 is 1.40 bits per heavy atom. The first kappa shape index (κ1) is 28.2. The van der Waals surface area contributed by atoms with Gasteiger partial charge in [-0.05, 0) is 50.2 Å². The number of para-hydroxylation sites is 4. The van der Waals surface area contributed by atoms with Crippen LogP contribution in [0.1, 0.15) is 22.5 Å². The van der Waals surface area contributed by atoms with Crippen molar-refractivity contribution >= 4 is 12.4 Å². The number of nitrogens with zero attached hydrogens (tertiary/aromatic N) is 4. The van der Waals surface area contributed by atoms with Gasteiger partial charge in [0, 0.05) is 23.8 Å². The van der Waals surface area contributed by atoms with Crippen LogP contribution in [-0.4, -0.2) is 58.3 Å². The zero-order chi connectivity index (χ0) is 29.3. The van der Waals surface area contributed by atoms with Gasteiger partial charge in [-0.3, -0.25) is 29.8 Å². The lowest BCUT2D eigenvalue weighted by molar-refractivity contribution is 0.278. The van der Waals surface area contributed by atoms with Crippen LogP contribution in [0.3, 0.4) is 0 Å². The van der Waals surface area contributed by atoms with Gasteiger partial charge < -0.3 is 9.47 Å². The lowest BCUT2D eigenvalue weighted by Crippen LogP contribution is -2.17. The first-order valence-electron chi connectivity index (χ1n) is 13.6. The van der Waals surface area contributed by atoms with Crippen LogP contribution in [-0.2, 0) is 0 Å². The summed E-state index contributed by atoms with van der Waals surface area (Å²) in [6, 6.07) is 26.2. The van der Waals surface area contributed by atoms with E-state index >= 15 is 0 Å². The van der Waals surface area contributed by atoms with E-state index in [0.29, 0.717) is 48.9 Å². The molecule has 0 atom stereocenters. The maximum Gasteiger partial charge on any atom is 0.280 e. The standard InChI is InChI=1S/C32H32N6O4/c1-23-27(31(39)37(35-23)25-11-5-3-6-12-25)21-33-17-19-41-29-15-9-10-16-30(29)42-20-18-34-22-28-24(2)36-38(32(28)40)26-13-7-4-8-14-26/h3-16,21-22,35-36H,17-20H2,1-2H3. The third-order valence-corrected chi connectivity index (χ3v) is 6.51. The monoisotopic (exact) mass is 564 g/mol. The Morgan fingerprint density at radius 1 is 0.619 bits per heavy atom. The van der Waals surface area contributed by atoms with Crippen molar-refractivity contribution in [1.82, 2.24) is 19.6 Å². The highest BCUT2D eigenvalue weighted by Gasteiger charge is 2.11. The molecule has 5 aromatic rings. The van der Waals surface area contributed by atoms with Crippen molar-refractivity contribution in [3.63, 3.8) is 0 Å². The largest absolute Gasteiger partial charge is 0.488 e. The maximum absolute atomic E-state index is 12.8. The van der Waals surface area contributed by atoms with Gasteiger partial charge in [0.2, 0.25) is 0 Å². The van der Waals surface area contributed by atoms with Gasteiger partial charge in [0.05, 0.1) is 35.6 Å². The summed E-state index contributed by atoms with van der Waals surface area (Å²) in [7, 11) is 0. The van der Waals surface area contributed by atoms with Gasteiger partial charge in [0.25, 0.3) is 11.1 Å². The average molecular weight is 565 g/mol. The van der Waals surface area contributed by atoms with Gasteiger partial charge in [-0.25, -0.2) is 9.36 Å². The Balaban J connectivity index is 1.12. The number of aromatic nitrogens is 4. The fraction of sp³-hybridized carbons (Fsp3) is 0.188. The highest BCUT2D eigenvalue weighted by molar-refractivity contribution is 5.81. The topological polar surface area (TPSA) is 119 Å². The van der Waals surface area contributed by atoms with Gasteiger partial charge in [0.1, 0.15) is 13.2 Å². The van der Waals surface area contributed by atoms with E-state index in [1.54, 1.807) is 12.4 Å². The number of hydrogen-bond donors (Lipinski definition) is 2. The van der Waals surface area contributed by atoms with E-state index in [1.165, 1.54) is 9.36 Å². The third-order valence-electron chi connectivity index (χ3n) is 6.51. The molecule has 3 aromatic carbocycles. The van der Waals surface area contributed by atoms with Crippen LogP contribution in [0, 0.1) is 13.8 Å². The van der Waals surface area contributed by atoms with Crippen molar-refractivity contribution in [2.75, 3.05) is 26.3 Å². The van der Waals surface area contributed by atoms with Crippen LogP contribution in [0.4, 0.5) is 0 Å². The molecule has 0 fully saturated rings. The summed E-state index contributed by atoms with van der Waals surface area (Å²) in [5.74, 6) is 1.18. The summed E-state index contributed by atoms with van der Waals surface area (Å²) in [4.78, 5) is 34.4. The summed E-state index contributed by atoms with van der Waals surface area (Å²) < 4.78 is 14.8. The molecule has 214 valence electrons. The van der Waals surface area contributed by atoms with Gasteiger partial charge in [-0.2, -0.15) is 0 Å². The molecule has 10 nitrogen and oxygen atoms in total. The Labute approximate surface area is 242 Å². The van der Waals surface area contributed by atoms with Crippen molar-refractivity contribution in [3.8, 4) is 22.9 Å². The molecule has 5 rings (SSSR count). The number of ether oxygens (including phenoxy) is 2. The van der Waals surface area contributed by atoms with E-state index in [0.717, 1.165) is 22.8 Å². The second-order valence-corrected chi connectivity index (χ2v) is 9.47. The van der Waals surface area contributed by atoms with Gasteiger partial charge in [-0.15, -0.1) is 0 Å². The number of benzene rings is 3. The van der Waals surface area contributed by atoms with E-state index in [4.69, 9.17) is 9.47 Å². The number of aryl methyl sites for hydroxylation is 2. The lowest BCUT2D eigenvalue weighted by Gasteiger charge is -2.11. The first-order valence-corrected chi connectivity index (χ1v) is 13.6. The minimum atomic E-state index is -0.154. The zero-order valence-corrected chi connectivity index (χ0v) is 23.5. The van der Waals surface area contributed by atoms with Crippen LogP contribution in [0.25, 0.3) is 11.4 Å². The summed E-state index contributed by atoms with van der Waals surface area (Å²) in [6.07, 6.45) is 3.16. The van der Waals surface area contributed by atoms with Crippen molar-refractivity contribution in [2.45, 2.75) is 13.8 Å². The Hall–Kier alpha value is -5.38. The fourth-order valence-electron chi connectivity index (χ4n) is 4.36. The Kier molecular flexibility index (Phi) is 8.93. The van der Waals surface area contributed by atoms with Gasteiger partial charge in [-0.1, -0.05) is 48.5 Å². The molecule has 0 spiro atoms. The van der Waals surface area contributed by atoms with Crippen LogP contribution in [0.15, 0.2) is 105 Å². The van der Waals surface area contributed by atoms with Gasteiger partial charge >= 0.3 is 0 Å². The van der Waals surface area contributed by atoms with Crippen LogP contribution >= 0.6 is 0 Å². The van der Waals surface area contributed by atoms with E-state index in [-0.39, 0.29) is 11.1 Å². The van der Waals surface area contributed by atoms with E-state index in [2.05, 4.69) is 20.2 Å². The molecule has 2 N–H and O–H groups in total. The third kappa shape index (κ3) is 6.49. The summed E-state index contributed by atoms with van der Waals surface area (Å²) >= 11 is 0. The number of nitrogens with one attached hydrogen (secondary N) is 2. The van der Waals surface area contributed by atoms with E-state index in [1.807, 2.05) is 98.8 Å². The molecule has 0 aliphatic carbocycles. The molecule has 0 saturated heterocycles. The summed E-state index contributed by atoms with van der Waals surface area (Å²) in [5.41, 5.74) is 3.72. The summed E-state index contributed by atoms with van der Waals surface area (Å²) in [5, 5.41) is 6.18. The fourth-order valence-corrected chi connectivity index (χ4v) is 4.36. The quantitative estimate of drug-likeness (QED) is 0.174. The number of H-pyrrole nitrogens is 2. The first-order chi connectivity index (χ1) is 20.5. The smallest absolute Gasteiger partial charge is 0.280 e. The molecule has 0 bridgehead atoms. The molecule has 0 radical (unpaired) electrons. The van der Waals surface area contributed by atoms with Crippen LogP contribution in [0.2, 0.25) is 0 Å². The van der Waals surface area contributed by atoms with Crippen molar-refractivity contribution in [3.05, 3.63) is 128 Å². The summed E-state index contributed by atoms with van der Waals surface area (Å²) in [6.45, 7) is 5.04. The van der Waals surface area contributed by atoms with E-state index in [9.17, 15) is 9.59 Å². The zero-order valence-electron chi connectivity index (χ0n) is 23.5. The number of aromatic amines is 2. The van der Waals surface area contributed by atoms with Crippen molar-refractivity contribution in [1.29, 1.82) is 0 Å². The average Bonchev–Trinajstić information content (AvgIpc) is 3.47. The van der Waals surface area contributed by atoms with Crippen LogP contribution in [0.5, 0.6) is 11.5 Å². The molecule has 0 aliphatic heterocycles. The number of aliphatic imine (C=N–C) groups is 2. The SMILES string of the molecule is Cc1[nH]n(-c2ccccc2)c(=O)c1C=NCCOc1ccccc1OCCN=Cc1c(C)[nH]n(-c2ccccc2)c1=O. The molecule has 0 amide bonds. The number of rotatable bonds is 12. The molecule has 0 unspecified atom stereocenters. The highest BCUT2D eigenvalue weighted by atomic mass is 16.5. The van der Waals surface area contributed by atoms with Crippen molar-refractivity contribution < 1.29 is 9.47 Å². The molecular formula is C32H32N6O4. The molecular weight excluding hydrogens is 532 g/mol. The van der Waals surface area contributed by atoms with Crippen LogP contribution < -0.4 is 20.6 Å². The highest BCUT2D eigenvalue weighted by Crippen LogP contribution is 2.26. The second kappa shape index (κ2) is 13.3. The molecule has 10 heteroatoms. The van der Waals surface area contributed by atoms with Crippen molar-refractivity contribution in [2.24, 2.45) is 9.98 Å². The minimum Gasteiger partial charge on any atom is -0.488 e. The predicted molar refractivity (Wildman–Crippen MR) is 165 cm³/mol. The molecule has 42 heavy (non-hydrogen) atoms. The number of hydrogen-bond acceptors (Lipinski definition) is 6. The predicted octanol–water partition coefficient (Wildman–Crippen LogP) is 4.26. The molecule has 0 saturated carbocycles. The minimum absolute atomic E-state index is 0.154. The molecule has 2 aromatic heterocycles. The van der Waals surface area contributed by atoms with E-state index < -0.39 is 0 Å². The Bertz CT molecular complexity index is 1660. The molecule has 0 aliphatic rings. The normalized spacial score (nSPS) is 11.5. The molecule has 2 heterocycles. The Morgan fingerprint density at radius 2 is 1.00 bits per heavy atom. The van der Waals surface area contributed by atoms with Gasteiger partial charge in [0.15, 0.2) is 11.5 Å². The maximum atomic E-state index is 12.8.